The largest absolute Gasteiger partial charge is 0.451 e. The third-order valence-corrected chi connectivity index (χ3v) is 4.06. The summed E-state index contributed by atoms with van der Waals surface area (Å²) in [6, 6.07) is 12.8. The maximum absolute atomic E-state index is 11.9. The van der Waals surface area contributed by atoms with E-state index in [1.807, 2.05) is 36.6 Å². The summed E-state index contributed by atoms with van der Waals surface area (Å²) in [6.07, 6.45) is 1.48. The molecule has 0 fully saturated rings. The van der Waals surface area contributed by atoms with E-state index in [0.717, 1.165) is 11.3 Å². The van der Waals surface area contributed by atoms with Crippen LogP contribution >= 0.6 is 11.3 Å². The number of hydrogen-bond acceptors (Lipinski definition) is 6. The highest BCUT2D eigenvalue weighted by molar-refractivity contribution is 7.14. The Kier molecular flexibility index (Phi) is 5.15. The van der Waals surface area contributed by atoms with Crippen molar-refractivity contribution in [1.29, 1.82) is 0 Å². The number of ether oxygens (including phenoxy) is 1. The molecule has 0 aliphatic rings. The van der Waals surface area contributed by atoms with Crippen molar-refractivity contribution in [2.24, 2.45) is 0 Å². The highest BCUT2D eigenvalue weighted by atomic mass is 32.1. The summed E-state index contributed by atoms with van der Waals surface area (Å²) < 4.78 is 4.93. The van der Waals surface area contributed by atoms with Crippen LogP contribution in [0.15, 0.2) is 54.0 Å². The lowest BCUT2D eigenvalue weighted by atomic mass is 10.1. The molecule has 0 aliphatic carbocycles. The molecule has 0 aliphatic heterocycles. The van der Waals surface area contributed by atoms with Crippen molar-refractivity contribution in [3.63, 3.8) is 0 Å². The Morgan fingerprint density at radius 1 is 1.16 bits per heavy atom. The average Bonchev–Trinajstić information content (AvgIpc) is 3.09. The number of anilines is 1. The number of nitrogens with zero attached hydrogens (tertiary/aromatic N) is 2. The van der Waals surface area contributed by atoms with Crippen LogP contribution in [-0.2, 0) is 9.53 Å². The van der Waals surface area contributed by atoms with E-state index in [1.54, 1.807) is 12.1 Å². The summed E-state index contributed by atoms with van der Waals surface area (Å²) in [6.45, 7) is 1.62. The molecule has 0 unspecified atom stereocenters. The second-order valence-electron chi connectivity index (χ2n) is 5.24. The van der Waals surface area contributed by atoms with Crippen molar-refractivity contribution >= 4 is 28.3 Å². The predicted molar refractivity (Wildman–Crippen MR) is 95.4 cm³/mol. The summed E-state index contributed by atoms with van der Waals surface area (Å²) in [7, 11) is 0. The zero-order valence-corrected chi connectivity index (χ0v) is 14.2. The fourth-order valence-electron chi connectivity index (χ4n) is 2.03. The van der Waals surface area contributed by atoms with Crippen molar-refractivity contribution in [3.8, 4) is 11.3 Å². The molecule has 126 valence electrons. The van der Waals surface area contributed by atoms with Crippen molar-refractivity contribution in [3.05, 3.63) is 65.3 Å². The van der Waals surface area contributed by atoms with Crippen LogP contribution in [-0.4, -0.2) is 28.5 Å². The highest BCUT2D eigenvalue weighted by Gasteiger charge is 2.12. The third kappa shape index (κ3) is 4.48. The molecule has 0 spiro atoms. The molecule has 7 heteroatoms. The first-order chi connectivity index (χ1) is 12.1. The van der Waals surface area contributed by atoms with Crippen LogP contribution in [0.1, 0.15) is 16.1 Å². The number of aromatic nitrogens is 2. The minimum atomic E-state index is -0.643. The van der Waals surface area contributed by atoms with Gasteiger partial charge in [0.05, 0.1) is 5.69 Å². The van der Waals surface area contributed by atoms with Gasteiger partial charge in [0.2, 0.25) is 0 Å². The van der Waals surface area contributed by atoms with Crippen LogP contribution in [0.2, 0.25) is 0 Å². The fourth-order valence-corrected chi connectivity index (χ4v) is 2.77. The minimum absolute atomic E-state index is 0.159. The van der Waals surface area contributed by atoms with Crippen molar-refractivity contribution in [1.82, 2.24) is 9.97 Å². The van der Waals surface area contributed by atoms with E-state index in [4.69, 9.17) is 4.74 Å². The predicted octanol–water partition coefficient (Wildman–Crippen LogP) is 3.31. The Morgan fingerprint density at radius 3 is 2.68 bits per heavy atom. The summed E-state index contributed by atoms with van der Waals surface area (Å²) in [5, 5.41) is 4.94. The topological polar surface area (TPSA) is 81.2 Å². The summed E-state index contributed by atoms with van der Waals surface area (Å²) in [4.78, 5) is 31.9. The highest BCUT2D eigenvalue weighted by Crippen LogP contribution is 2.25. The first-order valence-electron chi connectivity index (χ1n) is 7.52. The number of esters is 1. The zero-order chi connectivity index (χ0) is 17.6. The summed E-state index contributed by atoms with van der Waals surface area (Å²) in [5.41, 5.74) is 3.09. The zero-order valence-electron chi connectivity index (χ0n) is 13.4. The molecule has 0 saturated heterocycles. The quantitative estimate of drug-likeness (QED) is 0.712. The number of hydrogen-bond donors (Lipinski definition) is 1. The van der Waals surface area contributed by atoms with E-state index >= 15 is 0 Å². The summed E-state index contributed by atoms with van der Waals surface area (Å²) >= 11 is 1.31. The SMILES string of the molecule is Cc1ccc(-c2csc(NC(=O)COC(=O)c3ccccn3)n2)cc1. The van der Waals surface area contributed by atoms with E-state index in [1.165, 1.54) is 29.2 Å². The van der Waals surface area contributed by atoms with Crippen LogP contribution in [0.25, 0.3) is 11.3 Å². The number of nitrogens with one attached hydrogen (secondary N) is 1. The van der Waals surface area contributed by atoms with Gasteiger partial charge in [-0.2, -0.15) is 0 Å². The molecule has 1 aromatic carbocycles. The second-order valence-corrected chi connectivity index (χ2v) is 6.10. The smallest absolute Gasteiger partial charge is 0.357 e. The van der Waals surface area contributed by atoms with Crippen LogP contribution < -0.4 is 5.32 Å². The van der Waals surface area contributed by atoms with Crippen LogP contribution in [0, 0.1) is 6.92 Å². The number of rotatable bonds is 5. The number of carbonyl (C=O) groups is 2. The van der Waals surface area contributed by atoms with Crippen LogP contribution in [0.5, 0.6) is 0 Å². The normalized spacial score (nSPS) is 10.3. The van der Waals surface area contributed by atoms with Gasteiger partial charge in [-0.25, -0.2) is 14.8 Å². The monoisotopic (exact) mass is 353 g/mol. The molecule has 2 heterocycles. The molecule has 0 atom stereocenters. The molecule has 6 nitrogen and oxygen atoms in total. The molecule has 3 aromatic rings. The first kappa shape index (κ1) is 16.8. The second kappa shape index (κ2) is 7.67. The molecule has 0 bridgehead atoms. The first-order valence-corrected chi connectivity index (χ1v) is 8.40. The van der Waals surface area contributed by atoms with Gasteiger partial charge >= 0.3 is 5.97 Å². The van der Waals surface area contributed by atoms with E-state index in [-0.39, 0.29) is 5.69 Å². The Morgan fingerprint density at radius 2 is 1.96 bits per heavy atom. The van der Waals surface area contributed by atoms with Crippen LogP contribution in [0.3, 0.4) is 0 Å². The third-order valence-electron chi connectivity index (χ3n) is 3.31. The van der Waals surface area contributed by atoms with Crippen molar-refractivity contribution < 1.29 is 14.3 Å². The number of amides is 1. The standard InChI is InChI=1S/C18H15N3O3S/c1-12-5-7-13(8-6-12)15-11-25-18(20-15)21-16(22)10-24-17(23)14-4-2-3-9-19-14/h2-9,11H,10H2,1H3,(H,20,21,22). The van der Waals surface area contributed by atoms with E-state index in [0.29, 0.717) is 5.13 Å². The number of aryl methyl sites for hydroxylation is 1. The molecular formula is C18H15N3O3S. The van der Waals surface area contributed by atoms with Gasteiger partial charge in [-0.05, 0) is 19.1 Å². The maximum Gasteiger partial charge on any atom is 0.357 e. The Bertz CT molecular complexity index is 876. The Labute approximate surface area is 148 Å². The van der Waals surface area contributed by atoms with Crippen molar-refractivity contribution in [2.75, 3.05) is 11.9 Å². The number of benzene rings is 1. The van der Waals surface area contributed by atoms with E-state index in [9.17, 15) is 9.59 Å². The lowest BCUT2D eigenvalue weighted by Crippen LogP contribution is -2.21. The molecule has 0 radical (unpaired) electrons. The van der Waals surface area contributed by atoms with E-state index in [2.05, 4.69) is 15.3 Å². The number of carbonyl (C=O) groups excluding carboxylic acids is 2. The average molecular weight is 353 g/mol. The molecule has 0 saturated carbocycles. The molecule has 25 heavy (non-hydrogen) atoms. The van der Waals surface area contributed by atoms with E-state index < -0.39 is 18.5 Å². The molecular weight excluding hydrogens is 338 g/mol. The lowest BCUT2D eigenvalue weighted by Gasteiger charge is -2.04. The minimum Gasteiger partial charge on any atom is -0.451 e. The van der Waals surface area contributed by atoms with Gasteiger partial charge < -0.3 is 4.74 Å². The summed E-state index contributed by atoms with van der Waals surface area (Å²) in [5.74, 6) is -1.09. The number of thiazole rings is 1. The maximum atomic E-state index is 11.9. The lowest BCUT2D eigenvalue weighted by molar-refractivity contribution is -0.119. The van der Waals surface area contributed by atoms with Gasteiger partial charge in [0.25, 0.3) is 5.91 Å². The van der Waals surface area contributed by atoms with Gasteiger partial charge in [-0.3, -0.25) is 10.1 Å². The van der Waals surface area contributed by atoms with Gasteiger partial charge in [-0.1, -0.05) is 35.9 Å². The molecule has 1 amide bonds. The van der Waals surface area contributed by atoms with Crippen molar-refractivity contribution in [2.45, 2.75) is 6.92 Å². The van der Waals surface area contributed by atoms with Gasteiger partial charge in [-0.15, -0.1) is 11.3 Å². The Hall–Kier alpha value is -3.06. The number of pyridine rings is 1. The molecule has 3 rings (SSSR count). The Balaban J connectivity index is 1.55. The van der Waals surface area contributed by atoms with Gasteiger partial charge in [0, 0.05) is 17.1 Å². The van der Waals surface area contributed by atoms with Gasteiger partial charge in [0.1, 0.15) is 5.69 Å². The van der Waals surface area contributed by atoms with Gasteiger partial charge in [0.15, 0.2) is 11.7 Å². The fraction of sp³-hybridized carbons (Fsp3) is 0.111. The molecule has 1 N–H and O–H groups in total. The van der Waals surface area contributed by atoms with Crippen LogP contribution in [0.4, 0.5) is 5.13 Å². The molecule has 2 aromatic heterocycles.